The first-order valence-corrected chi connectivity index (χ1v) is 10.3. The maximum absolute atomic E-state index is 13.4. The van der Waals surface area contributed by atoms with Gasteiger partial charge in [0.1, 0.15) is 5.75 Å². The number of rotatable bonds is 6. The zero-order valence-corrected chi connectivity index (χ0v) is 18.1. The number of methoxy groups -OCH3 is 2. The Labute approximate surface area is 172 Å². The lowest BCUT2D eigenvalue weighted by Crippen LogP contribution is -2.40. The van der Waals surface area contributed by atoms with Gasteiger partial charge in [-0.15, -0.1) is 0 Å². The van der Waals surface area contributed by atoms with Crippen molar-refractivity contribution in [2.45, 2.75) is 46.2 Å². The molecule has 1 aliphatic rings. The Kier molecular flexibility index (Phi) is 6.52. The van der Waals surface area contributed by atoms with Crippen molar-refractivity contribution < 1.29 is 14.6 Å². The van der Waals surface area contributed by atoms with Crippen molar-refractivity contribution in [2.75, 3.05) is 27.3 Å². The van der Waals surface area contributed by atoms with Gasteiger partial charge in [-0.25, -0.2) is 0 Å². The van der Waals surface area contributed by atoms with E-state index in [0.717, 1.165) is 37.2 Å². The molecule has 0 saturated carbocycles. The first-order valence-electron chi connectivity index (χ1n) is 10.3. The molecular weight excluding hydrogens is 368 g/mol. The topological polar surface area (TPSA) is 63.9 Å². The highest BCUT2D eigenvalue weighted by Gasteiger charge is 2.31. The van der Waals surface area contributed by atoms with Crippen molar-refractivity contribution >= 4 is 0 Å². The Bertz CT molecular complexity index is 914. The molecule has 2 aromatic rings. The number of hydrogen-bond acceptors (Lipinski definition) is 5. The number of hydrogen-bond donors (Lipinski definition) is 1. The van der Waals surface area contributed by atoms with Crippen molar-refractivity contribution in [3.8, 4) is 17.2 Å². The molecule has 1 N–H and O–H groups in total. The van der Waals surface area contributed by atoms with Gasteiger partial charge < -0.3 is 19.1 Å². The number of aromatic hydroxyl groups is 1. The van der Waals surface area contributed by atoms with E-state index in [-0.39, 0.29) is 17.4 Å². The first kappa shape index (κ1) is 21.2. The van der Waals surface area contributed by atoms with E-state index < -0.39 is 0 Å². The van der Waals surface area contributed by atoms with Crippen LogP contribution in [0.4, 0.5) is 0 Å². The quantitative estimate of drug-likeness (QED) is 0.801. The van der Waals surface area contributed by atoms with Crippen LogP contribution in [-0.4, -0.2) is 41.9 Å². The lowest BCUT2D eigenvalue weighted by atomic mass is 9.91. The number of nitrogens with zero attached hydrogens (tertiary/aromatic N) is 2. The lowest BCUT2D eigenvalue weighted by Gasteiger charge is -2.37. The molecule has 1 saturated heterocycles. The predicted molar refractivity (Wildman–Crippen MR) is 114 cm³/mol. The second-order valence-corrected chi connectivity index (χ2v) is 7.87. The SMILES string of the molecule is CCn1c(C)cc(O)c([C@@H](c2ccc(OC)c(OC)c2)N2CCC(C)CC2)c1=O. The zero-order chi connectivity index (χ0) is 21.1. The Morgan fingerprint density at radius 2 is 1.79 bits per heavy atom. The van der Waals surface area contributed by atoms with Gasteiger partial charge in [0.2, 0.25) is 0 Å². The number of ether oxygens (including phenoxy) is 2. The molecule has 1 atom stereocenters. The number of aromatic nitrogens is 1. The molecule has 158 valence electrons. The van der Waals surface area contributed by atoms with E-state index in [1.165, 1.54) is 0 Å². The van der Waals surface area contributed by atoms with Crippen LogP contribution in [0.3, 0.4) is 0 Å². The fourth-order valence-corrected chi connectivity index (χ4v) is 4.29. The van der Waals surface area contributed by atoms with E-state index in [9.17, 15) is 9.90 Å². The van der Waals surface area contributed by atoms with Crippen LogP contribution in [0, 0.1) is 12.8 Å². The summed E-state index contributed by atoms with van der Waals surface area (Å²) in [4.78, 5) is 15.7. The van der Waals surface area contributed by atoms with Gasteiger partial charge in [-0.05, 0) is 69.5 Å². The van der Waals surface area contributed by atoms with Gasteiger partial charge in [0.05, 0.1) is 25.8 Å². The zero-order valence-electron chi connectivity index (χ0n) is 18.1. The minimum absolute atomic E-state index is 0.0515. The van der Waals surface area contributed by atoms with Crippen LogP contribution in [0.25, 0.3) is 0 Å². The van der Waals surface area contributed by atoms with Crippen molar-refractivity contribution in [1.29, 1.82) is 0 Å². The molecule has 1 fully saturated rings. The van der Waals surface area contributed by atoms with Crippen molar-refractivity contribution in [2.24, 2.45) is 5.92 Å². The summed E-state index contributed by atoms with van der Waals surface area (Å²) in [6.45, 7) is 8.37. The molecule has 0 radical (unpaired) electrons. The van der Waals surface area contributed by atoms with E-state index in [2.05, 4.69) is 11.8 Å². The number of piperidine rings is 1. The maximum Gasteiger partial charge on any atom is 0.259 e. The second-order valence-electron chi connectivity index (χ2n) is 7.87. The van der Waals surface area contributed by atoms with Crippen LogP contribution in [-0.2, 0) is 6.54 Å². The molecule has 1 aromatic heterocycles. The van der Waals surface area contributed by atoms with E-state index in [1.807, 2.05) is 32.0 Å². The fraction of sp³-hybridized carbons (Fsp3) is 0.522. The third-order valence-electron chi connectivity index (χ3n) is 6.02. The number of aryl methyl sites for hydroxylation is 1. The Hall–Kier alpha value is -2.47. The van der Waals surface area contributed by atoms with Crippen LogP contribution in [0.1, 0.15) is 49.6 Å². The minimum atomic E-state index is -0.340. The van der Waals surface area contributed by atoms with Gasteiger partial charge in [-0.3, -0.25) is 9.69 Å². The fourth-order valence-electron chi connectivity index (χ4n) is 4.29. The summed E-state index contributed by atoms with van der Waals surface area (Å²) in [7, 11) is 3.21. The van der Waals surface area contributed by atoms with Crippen molar-refractivity contribution in [3.05, 3.63) is 51.4 Å². The van der Waals surface area contributed by atoms with Crippen LogP contribution >= 0.6 is 0 Å². The molecule has 0 aliphatic carbocycles. The number of pyridine rings is 1. The van der Waals surface area contributed by atoms with E-state index in [1.54, 1.807) is 24.9 Å². The average Bonchev–Trinajstić information content (AvgIpc) is 2.71. The third-order valence-corrected chi connectivity index (χ3v) is 6.02. The molecule has 0 amide bonds. The number of benzene rings is 1. The minimum Gasteiger partial charge on any atom is -0.507 e. The Balaban J connectivity index is 2.19. The van der Waals surface area contributed by atoms with Crippen LogP contribution in [0.2, 0.25) is 0 Å². The smallest absolute Gasteiger partial charge is 0.259 e. The summed E-state index contributed by atoms with van der Waals surface area (Å²) >= 11 is 0. The van der Waals surface area contributed by atoms with Gasteiger partial charge in [0, 0.05) is 12.2 Å². The highest BCUT2D eigenvalue weighted by Crippen LogP contribution is 2.38. The standard InChI is InChI=1S/C23H32N2O4/c1-6-25-16(3)13-18(26)21(23(25)27)22(24-11-9-15(2)10-12-24)17-7-8-19(28-4)20(14-17)29-5/h7-8,13-15,22,26H,6,9-12H2,1-5H3/t22-/m1/s1. The van der Waals surface area contributed by atoms with E-state index in [0.29, 0.717) is 29.5 Å². The maximum atomic E-state index is 13.4. The molecule has 1 aliphatic heterocycles. The lowest BCUT2D eigenvalue weighted by molar-refractivity contribution is 0.154. The van der Waals surface area contributed by atoms with Crippen molar-refractivity contribution in [3.63, 3.8) is 0 Å². The van der Waals surface area contributed by atoms with Gasteiger partial charge >= 0.3 is 0 Å². The van der Waals surface area contributed by atoms with E-state index >= 15 is 0 Å². The highest BCUT2D eigenvalue weighted by molar-refractivity contribution is 5.48. The monoisotopic (exact) mass is 400 g/mol. The third kappa shape index (κ3) is 4.13. The van der Waals surface area contributed by atoms with Gasteiger partial charge in [0.25, 0.3) is 5.56 Å². The van der Waals surface area contributed by atoms with Crippen molar-refractivity contribution in [1.82, 2.24) is 9.47 Å². The van der Waals surface area contributed by atoms with Gasteiger partial charge in [0.15, 0.2) is 11.5 Å². The highest BCUT2D eigenvalue weighted by atomic mass is 16.5. The first-order chi connectivity index (χ1) is 13.9. The summed E-state index contributed by atoms with van der Waals surface area (Å²) < 4.78 is 12.6. The molecule has 0 unspecified atom stereocenters. The summed E-state index contributed by atoms with van der Waals surface area (Å²) in [6, 6.07) is 7.08. The molecule has 0 bridgehead atoms. The van der Waals surface area contributed by atoms with Gasteiger partial charge in [-0.1, -0.05) is 13.0 Å². The summed E-state index contributed by atoms with van der Waals surface area (Å²) in [5, 5.41) is 10.8. The molecule has 3 rings (SSSR count). The molecule has 29 heavy (non-hydrogen) atoms. The summed E-state index contributed by atoms with van der Waals surface area (Å²) in [5.41, 5.74) is 1.97. The molecule has 6 nitrogen and oxygen atoms in total. The summed E-state index contributed by atoms with van der Waals surface area (Å²) in [6.07, 6.45) is 2.14. The van der Waals surface area contributed by atoms with Crippen LogP contribution in [0.15, 0.2) is 29.1 Å². The predicted octanol–water partition coefficient (Wildman–Crippen LogP) is 3.72. The largest absolute Gasteiger partial charge is 0.507 e. The molecule has 1 aromatic carbocycles. The van der Waals surface area contributed by atoms with Crippen LogP contribution < -0.4 is 15.0 Å². The molecule has 6 heteroatoms. The molecular formula is C23H32N2O4. The number of likely N-dealkylation sites (tertiary alicyclic amines) is 1. The Morgan fingerprint density at radius 1 is 1.14 bits per heavy atom. The van der Waals surface area contributed by atoms with Crippen LogP contribution in [0.5, 0.6) is 17.2 Å². The molecule has 0 spiro atoms. The molecule has 2 heterocycles. The van der Waals surface area contributed by atoms with E-state index in [4.69, 9.17) is 9.47 Å². The Morgan fingerprint density at radius 3 is 2.38 bits per heavy atom. The second kappa shape index (κ2) is 8.91. The summed E-state index contributed by atoms with van der Waals surface area (Å²) in [5.74, 6) is 1.97. The van der Waals surface area contributed by atoms with Gasteiger partial charge in [-0.2, -0.15) is 0 Å². The average molecular weight is 401 g/mol. The normalized spacial score (nSPS) is 16.6.